The normalized spacial score (nSPS) is 30.6. The van der Waals surface area contributed by atoms with Gasteiger partial charge in [-0.25, -0.2) is 0 Å². The van der Waals surface area contributed by atoms with Crippen LogP contribution >= 0.6 is 24.8 Å². The Morgan fingerprint density at radius 3 is 2.29 bits per heavy atom. The first-order valence-electron chi connectivity index (χ1n) is 10.4. The van der Waals surface area contributed by atoms with Gasteiger partial charge in [0, 0.05) is 50.0 Å². The zero-order chi connectivity index (χ0) is 17.9. The van der Waals surface area contributed by atoms with Crippen molar-refractivity contribution < 1.29 is 4.79 Å². The highest BCUT2D eigenvalue weighted by Crippen LogP contribution is 2.42. The number of pyridine rings is 1. The Morgan fingerprint density at radius 1 is 1.07 bits per heavy atom. The Labute approximate surface area is 181 Å². The molecule has 3 N–H and O–H groups in total. The van der Waals surface area contributed by atoms with Gasteiger partial charge in [0.05, 0.1) is 0 Å². The summed E-state index contributed by atoms with van der Waals surface area (Å²) in [6, 6.07) is 4.84. The van der Waals surface area contributed by atoms with Gasteiger partial charge in [-0.15, -0.1) is 24.8 Å². The van der Waals surface area contributed by atoms with Gasteiger partial charge in [-0.3, -0.25) is 14.7 Å². The minimum Gasteiger partial charge on any atom is -0.353 e. The number of hydrogen-bond donors (Lipinski definition) is 2. The van der Waals surface area contributed by atoms with Gasteiger partial charge < -0.3 is 11.1 Å². The molecule has 7 heteroatoms. The van der Waals surface area contributed by atoms with Gasteiger partial charge in [-0.2, -0.15) is 0 Å². The molecule has 158 valence electrons. The van der Waals surface area contributed by atoms with Crippen LogP contribution in [0.3, 0.4) is 0 Å². The SMILES string of the molecule is Cl.Cl.NC1C2CCCC1CC(C(=O)NC1CCN(Cc3ccncc3)CC1)C2. The van der Waals surface area contributed by atoms with Gasteiger partial charge in [-0.1, -0.05) is 6.42 Å². The molecule has 0 aromatic carbocycles. The van der Waals surface area contributed by atoms with E-state index in [1.165, 1.54) is 24.8 Å². The molecule has 2 heterocycles. The van der Waals surface area contributed by atoms with E-state index in [0.717, 1.165) is 45.3 Å². The number of hydrogen-bond acceptors (Lipinski definition) is 4. The van der Waals surface area contributed by atoms with E-state index < -0.39 is 0 Å². The molecule has 1 saturated heterocycles. The number of nitrogens with zero attached hydrogens (tertiary/aromatic N) is 2. The second-order valence-electron chi connectivity index (χ2n) is 8.61. The first-order valence-corrected chi connectivity index (χ1v) is 10.4. The maximum absolute atomic E-state index is 12.8. The van der Waals surface area contributed by atoms with Crippen molar-refractivity contribution in [1.82, 2.24) is 15.2 Å². The minimum atomic E-state index is 0. The summed E-state index contributed by atoms with van der Waals surface area (Å²) >= 11 is 0. The summed E-state index contributed by atoms with van der Waals surface area (Å²) in [7, 11) is 0. The van der Waals surface area contributed by atoms with E-state index in [9.17, 15) is 4.79 Å². The predicted octanol–water partition coefficient (Wildman–Crippen LogP) is 3.16. The van der Waals surface area contributed by atoms with Crippen molar-refractivity contribution in [3.8, 4) is 0 Å². The number of amides is 1. The fourth-order valence-electron chi connectivity index (χ4n) is 5.30. The quantitative estimate of drug-likeness (QED) is 0.772. The second-order valence-corrected chi connectivity index (χ2v) is 8.61. The summed E-state index contributed by atoms with van der Waals surface area (Å²) in [5, 5.41) is 3.36. The number of aromatic nitrogens is 1. The van der Waals surface area contributed by atoms with Crippen molar-refractivity contribution in [3.63, 3.8) is 0 Å². The topological polar surface area (TPSA) is 71.2 Å². The first-order chi connectivity index (χ1) is 12.7. The van der Waals surface area contributed by atoms with Crippen molar-refractivity contribution >= 4 is 30.7 Å². The predicted molar refractivity (Wildman–Crippen MR) is 117 cm³/mol. The van der Waals surface area contributed by atoms with Gasteiger partial charge in [0.15, 0.2) is 0 Å². The zero-order valence-corrected chi connectivity index (χ0v) is 18.1. The number of fused-ring (bicyclic) bond motifs is 2. The molecule has 5 nitrogen and oxygen atoms in total. The largest absolute Gasteiger partial charge is 0.353 e. The molecule has 1 amide bonds. The number of nitrogens with two attached hydrogens (primary N) is 1. The molecule has 2 aliphatic carbocycles. The smallest absolute Gasteiger partial charge is 0.223 e. The standard InChI is InChI=1S/C21H32N4O.2ClH/c22-20-16-2-1-3-17(20)13-18(12-16)21(26)24-19-6-10-25(11-7-19)14-15-4-8-23-9-5-15;;/h4-5,8-9,16-20H,1-3,6-7,10-14,22H2,(H,24,26);2*1H. The number of carbonyl (C=O) groups is 1. The van der Waals surface area contributed by atoms with Crippen LogP contribution in [-0.2, 0) is 11.3 Å². The van der Waals surface area contributed by atoms with Crippen LogP contribution in [0.5, 0.6) is 0 Å². The molecule has 3 fully saturated rings. The monoisotopic (exact) mass is 428 g/mol. The Bertz CT molecular complexity index is 596. The van der Waals surface area contributed by atoms with Crippen LogP contribution in [0, 0.1) is 17.8 Å². The molecule has 2 bridgehead atoms. The highest BCUT2D eigenvalue weighted by Gasteiger charge is 2.40. The molecule has 2 saturated carbocycles. The van der Waals surface area contributed by atoms with Crippen molar-refractivity contribution in [2.24, 2.45) is 23.5 Å². The van der Waals surface area contributed by atoms with Crippen LogP contribution in [-0.4, -0.2) is 41.0 Å². The van der Waals surface area contributed by atoms with Gasteiger partial charge in [0.1, 0.15) is 0 Å². The molecule has 28 heavy (non-hydrogen) atoms. The molecule has 0 radical (unpaired) electrons. The maximum atomic E-state index is 12.8. The van der Waals surface area contributed by atoms with Gasteiger partial charge >= 0.3 is 0 Å². The third-order valence-electron chi connectivity index (χ3n) is 6.87. The van der Waals surface area contributed by atoms with Gasteiger partial charge in [0.25, 0.3) is 0 Å². The number of likely N-dealkylation sites (tertiary alicyclic amines) is 1. The second kappa shape index (κ2) is 10.8. The van der Waals surface area contributed by atoms with Crippen molar-refractivity contribution in [2.75, 3.05) is 13.1 Å². The minimum absolute atomic E-state index is 0. The van der Waals surface area contributed by atoms with E-state index in [2.05, 4.69) is 27.3 Å². The Hall–Kier alpha value is -0.880. The van der Waals surface area contributed by atoms with E-state index >= 15 is 0 Å². The summed E-state index contributed by atoms with van der Waals surface area (Å²) in [4.78, 5) is 19.4. The van der Waals surface area contributed by atoms with Crippen LogP contribution in [0.15, 0.2) is 24.5 Å². The average molecular weight is 429 g/mol. The molecule has 1 aliphatic heterocycles. The summed E-state index contributed by atoms with van der Waals surface area (Å²) in [6.07, 6.45) is 11.6. The van der Waals surface area contributed by atoms with Crippen LogP contribution in [0.4, 0.5) is 0 Å². The lowest BCUT2D eigenvalue weighted by Gasteiger charge is -2.44. The van der Waals surface area contributed by atoms with Crippen LogP contribution in [0.25, 0.3) is 0 Å². The van der Waals surface area contributed by atoms with Gasteiger partial charge in [-0.05, 0) is 68.1 Å². The number of halogens is 2. The first kappa shape index (κ1) is 23.4. The molecule has 4 rings (SSSR count). The fourth-order valence-corrected chi connectivity index (χ4v) is 5.30. The lowest BCUT2D eigenvalue weighted by Crippen LogP contribution is -2.51. The Kier molecular flexibility index (Phi) is 9.00. The molecule has 3 aliphatic rings. The summed E-state index contributed by atoms with van der Waals surface area (Å²) in [5.74, 6) is 1.63. The molecule has 1 aromatic heterocycles. The third-order valence-corrected chi connectivity index (χ3v) is 6.87. The number of rotatable bonds is 4. The number of carbonyl (C=O) groups excluding carboxylic acids is 1. The highest BCUT2D eigenvalue weighted by molar-refractivity contribution is 5.85. The molecule has 0 spiro atoms. The number of piperidine rings is 1. The molecule has 2 atom stereocenters. The lowest BCUT2D eigenvalue weighted by molar-refractivity contribution is -0.129. The van der Waals surface area contributed by atoms with Gasteiger partial charge in [0.2, 0.25) is 5.91 Å². The van der Waals surface area contributed by atoms with Crippen LogP contribution < -0.4 is 11.1 Å². The van der Waals surface area contributed by atoms with E-state index in [1.54, 1.807) is 0 Å². The molecule has 1 aromatic rings. The van der Waals surface area contributed by atoms with E-state index in [0.29, 0.717) is 29.8 Å². The number of nitrogens with one attached hydrogen (secondary N) is 1. The summed E-state index contributed by atoms with van der Waals surface area (Å²) in [5.41, 5.74) is 7.68. The fraction of sp³-hybridized carbons (Fsp3) is 0.714. The Morgan fingerprint density at radius 2 is 1.68 bits per heavy atom. The average Bonchev–Trinajstić information content (AvgIpc) is 2.64. The third kappa shape index (κ3) is 5.59. The van der Waals surface area contributed by atoms with Crippen LogP contribution in [0.1, 0.15) is 50.5 Å². The lowest BCUT2D eigenvalue weighted by atomic mass is 9.65. The maximum Gasteiger partial charge on any atom is 0.223 e. The summed E-state index contributed by atoms with van der Waals surface area (Å²) < 4.78 is 0. The van der Waals surface area contributed by atoms with Crippen molar-refractivity contribution in [1.29, 1.82) is 0 Å². The Balaban J connectivity index is 0.00000140. The van der Waals surface area contributed by atoms with Crippen molar-refractivity contribution in [2.45, 2.75) is 63.6 Å². The molecular weight excluding hydrogens is 395 g/mol. The molecule has 2 unspecified atom stereocenters. The van der Waals surface area contributed by atoms with E-state index in [-0.39, 0.29) is 30.7 Å². The van der Waals surface area contributed by atoms with Crippen LogP contribution in [0.2, 0.25) is 0 Å². The zero-order valence-electron chi connectivity index (χ0n) is 16.5. The molecular formula is C21H34Cl2N4O. The summed E-state index contributed by atoms with van der Waals surface area (Å²) in [6.45, 7) is 3.08. The van der Waals surface area contributed by atoms with Crippen molar-refractivity contribution in [3.05, 3.63) is 30.1 Å². The van der Waals surface area contributed by atoms with E-state index in [1.807, 2.05) is 12.4 Å². The van der Waals surface area contributed by atoms with E-state index in [4.69, 9.17) is 5.73 Å². The highest BCUT2D eigenvalue weighted by atomic mass is 35.5.